The predicted molar refractivity (Wildman–Crippen MR) is 86.0 cm³/mol. The number of thiazole rings is 1. The molecule has 4 heteroatoms. The molecule has 0 radical (unpaired) electrons. The zero-order valence-electron chi connectivity index (χ0n) is 12.0. The van der Waals surface area contributed by atoms with E-state index in [1.807, 2.05) is 49.0 Å². The van der Waals surface area contributed by atoms with Crippen molar-refractivity contribution in [3.8, 4) is 22.1 Å². The molecule has 0 aliphatic carbocycles. The normalized spacial score (nSPS) is 10.6. The van der Waals surface area contributed by atoms with Gasteiger partial charge in [-0.3, -0.25) is 4.98 Å². The molecule has 0 unspecified atom stereocenters. The standard InChI is InChI=1S/C17H16N2OS/c1-3-13-6-9-17(19-12(13)2)20-15-7-4-14(5-8-15)16-10-18-11-21-16/h4-11H,3H2,1-2H3. The molecule has 0 N–H and O–H groups in total. The highest BCUT2D eigenvalue weighted by Crippen LogP contribution is 2.27. The molecule has 0 saturated carbocycles. The van der Waals surface area contributed by atoms with Gasteiger partial charge in [0.2, 0.25) is 5.88 Å². The molecule has 106 valence electrons. The lowest BCUT2D eigenvalue weighted by Crippen LogP contribution is -1.94. The first kappa shape index (κ1) is 13.8. The van der Waals surface area contributed by atoms with E-state index in [1.54, 1.807) is 11.3 Å². The quantitative estimate of drug-likeness (QED) is 0.689. The van der Waals surface area contributed by atoms with Crippen LogP contribution < -0.4 is 4.74 Å². The van der Waals surface area contributed by atoms with E-state index in [-0.39, 0.29) is 0 Å². The molecule has 3 nitrogen and oxygen atoms in total. The molecule has 3 rings (SSSR count). The Kier molecular flexibility index (Phi) is 3.97. The van der Waals surface area contributed by atoms with Crippen LogP contribution in [0.3, 0.4) is 0 Å². The van der Waals surface area contributed by atoms with Crippen molar-refractivity contribution < 1.29 is 4.74 Å². The van der Waals surface area contributed by atoms with Gasteiger partial charge < -0.3 is 4.74 Å². The second-order valence-corrected chi connectivity index (χ2v) is 5.63. The molecule has 21 heavy (non-hydrogen) atoms. The highest BCUT2D eigenvalue weighted by atomic mass is 32.1. The zero-order chi connectivity index (χ0) is 14.7. The van der Waals surface area contributed by atoms with Crippen LogP contribution in [0.1, 0.15) is 18.2 Å². The fourth-order valence-electron chi connectivity index (χ4n) is 2.16. The maximum atomic E-state index is 5.81. The van der Waals surface area contributed by atoms with Gasteiger partial charge in [0, 0.05) is 18.0 Å². The maximum absolute atomic E-state index is 5.81. The lowest BCUT2D eigenvalue weighted by Gasteiger charge is -2.08. The molecule has 2 heterocycles. The van der Waals surface area contributed by atoms with E-state index in [0.717, 1.165) is 28.3 Å². The smallest absolute Gasteiger partial charge is 0.219 e. The Labute approximate surface area is 128 Å². The minimum Gasteiger partial charge on any atom is -0.439 e. The zero-order valence-corrected chi connectivity index (χ0v) is 12.9. The van der Waals surface area contributed by atoms with Crippen molar-refractivity contribution in [2.75, 3.05) is 0 Å². The monoisotopic (exact) mass is 296 g/mol. The molecule has 3 aromatic rings. The SMILES string of the molecule is CCc1ccc(Oc2ccc(-c3cncs3)cc2)nc1C. The molecular formula is C17H16N2OS. The summed E-state index contributed by atoms with van der Waals surface area (Å²) in [5, 5.41) is 0. The molecule has 0 fully saturated rings. The van der Waals surface area contributed by atoms with Crippen molar-refractivity contribution in [3.63, 3.8) is 0 Å². The third-order valence-electron chi connectivity index (χ3n) is 3.34. The first-order valence-corrected chi connectivity index (χ1v) is 7.77. The first-order chi connectivity index (χ1) is 10.3. The Morgan fingerprint density at radius 1 is 1.10 bits per heavy atom. The van der Waals surface area contributed by atoms with E-state index in [4.69, 9.17) is 4.74 Å². The average Bonchev–Trinajstić information content (AvgIpc) is 3.02. The van der Waals surface area contributed by atoms with E-state index in [2.05, 4.69) is 23.0 Å². The van der Waals surface area contributed by atoms with Gasteiger partial charge in [0.25, 0.3) is 0 Å². The number of ether oxygens (including phenoxy) is 1. The molecule has 0 spiro atoms. The van der Waals surface area contributed by atoms with Crippen LogP contribution in [0.25, 0.3) is 10.4 Å². The summed E-state index contributed by atoms with van der Waals surface area (Å²) in [5.74, 6) is 1.43. The minimum atomic E-state index is 0.634. The van der Waals surface area contributed by atoms with Crippen LogP contribution in [-0.2, 0) is 6.42 Å². The number of nitrogens with zero attached hydrogens (tertiary/aromatic N) is 2. The van der Waals surface area contributed by atoms with Gasteiger partial charge in [-0.15, -0.1) is 11.3 Å². The molecule has 2 aromatic heterocycles. The number of aromatic nitrogens is 2. The van der Waals surface area contributed by atoms with Crippen molar-refractivity contribution in [1.29, 1.82) is 0 Å². The fraction of sp³-hybridized carbons (Fsp3) is 0.176. The lowest BCUT2D eigenvalue weighted by molar-refractivity contribution is 0.461. The number of hydrogen-bond acceptors (Lipinski definition) is 4. The minimum absolute atomic E-state index is 0.634. The first-order valence-electron chi connectivity index (χ1n) is 6.89. The lowest BCUT2D eigenvalue weighted by atomic mass is 10.1. The van der Waals surface area contributed by atoms with E-state index in [1.165, 1.54) is 5.56 Å². The average molecular weight is 296 g/mol. The van der Waals surface area contributed by atoms with Crippen LogP contribution in [-0.4, -0.2) is 9.97 Å². The fourth-order valence-corrected chi connectivity index (χ4v) is 2.79. The summed E-state index contributed by atoms with van der Waals surface area (Å²) >= 11 is 1.63. The summed E-state index contributed by atoms with van der Waals surface area (Å²) in [6.07, 6.45) is 2.86. The summed E-state index contributed by atoms with van der Waals surface area (Å²) < 4.78 is 5.81. The second-order valence-electron chi connectivity index (χ2n) is 4.74. The van der Waals surface area contributed by atoms with Crippen LogP contribution >= 0.6 is 11.3 Å². The van der Waals surface area contributed by atoms with Gasteiger partial charge in [0.1, 0.15) is 5.75 Å². The summed E-state index contributed by atoms with van der Waals surface area (Å²) in [4.78, 5) is 9.73. The Morgan fingerprint density at radius 3 is 2.52 bits per heavy atom. The van der Waals surface area contributed by atoms with E-state index in [9.17, 15) is 0 Å². The van der Waals surface area contributed by atoms with Crippen molar-refractivity contribution in [3.05, 3.63) is 59.4 Å². The summed E-state index contributed by atoms with van der Waals surface area (Å²) in [6, 6.07) is 12.0. The molecule has 0 atom stereocenters. The molecule has 1 aromatic carbocycles. The maximum Gasteiger partial charge on any atom is 0.219 e. The van der Waals surface area contributed by atoms with Gasteiger partial charge in [-0.25, -0.2) is 4.98 Å². The number of rotatable bonds is 4. The van der Waals surface area contributed by atoms with Crippen molar-refractivity contribution >= 4 is 11.3 Å². The van der Waals surface area contributed by atoms with Crippen LogP contribution in [0.2, 0.25) is 0 Å². The number of pyridine rings is 1. The van der Waals surface area contributed by atoms with E-state index >= 15 is 0 Å². The molecule has 0 aliphatic rings. The van der Waals surface area contributed by atoms with Crippen molar-refractivity contribution in [2.24, 2.45) is 0 Å². The van der Waals surface area contributed by atoms with Crippen molar-refractivity contribution in [2.45, 2.75) is 20.3 Å². The third-order valence-corrected chi connectivity index (χ3v) is 4.17. The van der Waals surface area contributed by atoms with Crippen molar-refractivity contribution in [1.82, 2.24) is 9.97 Å². The number of benzene rings is 1. The Hall–Kier alpha value is -2.20. The third kappa shape index (κ3) is 3.11. The summed E-state index contributed by atoms with van der Waals surface area (Å²) in [7, 11) is 0. The van der Waals surface area contributed by atoms with Crippen LogP contribution in [0, 0.1) is 6.92 Å². The van der Waals surface area contributed by atoms with Gasteiger partial charge in [0.15, 0.2) is 0 Å². The van der Waals surface area contributed by atoms with Gasteiger partial charge in [-0.05, 0) is 48.7 Å². The van der Waals surface area contributed by atoms with Gasteiger partial charge in [-0.1, -0.05) is 13.0 Å². The van der Waals surface area contributed by atoms with Gasteiger partial charge >= 0.3 is 0 Å². The highest BCUT2D eigenvalue weighted by molar-refractivity contribution is 7.13. The van der Waals surface area contributed by atoms with E-state index in [0.29, 0.717) is 5.88 Å². The van der Waals surface area contributed by atoms with Crippen LogP contribution in [0.5, 0.6) is 11.6 Å². The highest BCUT2D eigenvalue weighted by Gasteiger charge is 2.04. The molecule has 0 bridgehead atoms. The Bertz CT molecular complexity index is 721. The van der Waals surface area contributed by atoms with Crippen LogP contribution in [0.4, 0.5) is 0 Å². The number of aryl methyl sites for hydroxylation is 2. The summed E-state index contributed by atoms with van der Waals surface area (Å²) in [6.45, 7) is 4.14. The Morgan fingerprint density at radius 2 is 1.90 bits per heavy atom. The second kappa shape index (κ2) is 6.06. The number of hydrogen-bond donors (Lipinski definition) is 0. The van der Waals surface area contributed by atoms with E-state index < -0.39 is 0 Å². The summed E-state index contributed by atoms with van der Waals surface area (Å²) in [5.41, 5.74) is 5.26. The topological polar surface area (TPSA) is 35.0 Å². The molecule has 0 aliphatic heterocycles. The Balaban J connectivity index is 1.77. The molecule has 0 saturated heterocycles. The van der Waals surface area contributed by atoms with Gasteiger partial charge in [-0.2, -0.15) is 0 Å². The largest absolute Gasteiger partial charge is 0.439 e. The van der Waals surface area contributed by atoms with Crippen LogP contribution in [0.15, 0.2) is 48.1 Å². The predicted octanol–water partition coefficient (Wildman–Crippen LogP) is 4.87. The molecule has 0 amide bonds. The van der Waals surface area contributed by atoms with Gasteiger partial charge in [0.05, 0.1) is 10.4 Å². The molecular weight excluding hydrogens is 280 g/mol.